The van der Waals surface area contributed by atoms with Crippen LogP contribution in [0.1, 0.15) is 5.56 Å². The molecule has 0 aliphatic heterocycles. The lowest BCUT2D eigenvalue weighted by atomic mass is 10.2. The first-order valence-electron chi connectivity index (χ1n) is 4.60. The monoisotopic (exact) mass is 297 g/mol. The van der Waals surface area contributed by atoms with Crippen LogP contribution in [0, 0.1) is 6.92 Å². The average Bonchev–Trinajstić information content (AvgIpc) is 2.17. The summed E-state index contributed by atoms with van der Waals surface area (Å²) in [6, 6.07) is 5.48. The summed E-state index contributed by atoms with van der Waals surface area (Å²) < 4.78 is 39.6. The van der Waals surface area contributed by atoms with Gasteiger partial charge in [-0.05, 0) is 24.6 Å². The van der Waals surface area contributed by atoms with Crippen molar-refractivity contribution in [2.75, 3.05) is 18.5 Å². The zero-order valence-corrected chi connectivity index (χ0v) is 10.2. The molecule has 0 aliphatic carbocycles. The van der Waals surface area contributed by atoms with Crippen molar-refractivity contribution >= 4 is 21.6 Å². The first-order chi connectivity index (χ1) is 7.40. The van der Waals surface area contributed by atoms with Crippen molar-refractivity contribution < 1.29 is 17.9 Å². The third kappa shape index (κ3) is 4.40. The second kappa shape index (κ2) is 5.54. The second-order valence-electron chi connectivity index (χ2n) is 3.13. The number of ether oxygens (including phenoxy) is 1. The van der Waals surface area contributed by atoms with Crippen LogP contribution in [0.4, 0.5) is 18.9 Å². The van der Waals surface area contributed by atoms with Crippen molar-refractivity contribution in [3.63, 3.8) is 0 Å². The first kappa shape index (κ1) is 13.3. The van der Waals surface area contributed by atoms with Crippen molar-refractivity contribution in [1.29, 1.82) is 0 Å². The van der Waals surface area contributed by atoms with E-state index in [9.17, 15) is 13.2 Å². The van der Waals surface area contributed by atoms with Gasteiger partial charge < -0.3 is 5.32 Å². The van der Waals surface area contributed by atoms with Crippen molar-refractivity contribution in [1.82, 2.24) is 0 Å². The van der Waals surface area contributed by atoms with Crippen LogP contribution in [0.15, 0.2) is 22.7 Å². The lowest BCUT2D eigenvalue weighted by molar-refractivity contribution is -0.322. The summed E-state index contributed by atoms with van der Waals surface area (Å²) in [5.74, 6) is 0. The average molecular weight is 298 g/mol. The van der Waals surface area contributed by atoms with E-state index in [2.05, 4.69) is 26.0 Å². The van der Waals surface area contributed by atoms with Gasteiger partial charge in [-0.15, -0.1) is 13.2 Å². The van der Waals surface area contributed by atoms with Gasteiger partial charge in [0.05, 0.1) is 6.61 Å². The standard InChI is InChI=1S/C10H11BrF3NO/c1-7-8(11)3-2-4-9(7)15-5-6-16-10(12,13)14/h2-4,15H,5-6H2,1H3. The summed E-state index contributed by atoms with van der Waals surface area (Å²) >= 11 is 3.34. The highest BCUT2D eigenvalue weighted by Gasteiger charge is 2.28. The van der Waals surface area contributed by atoms with Crippen LogP contribution in [-0.2, 0) is 4.74 Å². The van der Waals surface area contributed by atoms with Gasteiger partial charge in [0.2, 0.25) is 0 Å². The maximum Gasteiger partial charge on any atom is 0.522 e. The Morgan fingerprint density at radius 1 is 1.38 bits per heavy atom. The van der Waals surface area contributed by atoms with Gasteiger partial charge >= 0.3 is 6.36 Å². The Kier molecular flexibility index (Phi) is 4.61. The molecule has 0 atom stereocenters. The fourth-order valence-electron chi connectivity index (χ4n) is 1.15. The molecule has 0 saturated heterocycles. The van der Waals surface area contributed by atoms with Gasteiger partial charge in [-0.2, -0.15) is 0 Å². The van der Waals surface area contributed by atoms with E-state index in [1.54, 1.807) is 6.07 Å². The van der Waals surface area contributed by atoms with Gasteiger partial charge in [0, 0.05) is 16.7 Å². The Morgan fingerprint density at radius 3 is 2.69 bits per heavy atom. The molecule has 0 aliphatic rings. The molecular formula is C10H11BrF3NO. The third-order valence-corrected chi connectivity index (χ3v) is 2.81. The Morgan fingerprint density at radius 2 is 2.06 bits per heavy atom. The maximum absolute atomic E-state index is 11.7. The number of anilines is 1. The smallest absolute Gasteiger partial charge is 0.382 e. The van der Waals surface area contributed by atoms with Crippen LogP contribution in [-0.4, -0.2) is 19.5 Å². The number of alkyl halides is 3. The highest BCUT2D eigenvalue weighted by Crippen LogP contribution is 2.23. The van der Waals surface area contributed by atoms with Crippen LogP contribution in [0.2, 0.25) is 0 Å². The molecule has 6 heteroatoms. The maximum atomic E-state index is 11.7. The Balaban J connectivity index is 2.41. The highest BCUT2D eigenvalue weighted by molar-refractivity contribution is 9.10. The largest absolute Gasteiger partial charge is 0.522 e. The molecule has 90 valence electrons. The minimum Gasteiger partial charge on any atom is -0.382 e. The molecule has 0 amide bonds. The molecule has 2 nitrogen and oxygen atoms in total. The first-order valence-corrected chi connectivity index (χ1v) is 5.39. The molecule has 16 heavy (non-hydrogen) atoms. The molecule has 1 aromatic rings. The van der Waals surface area contributed by atoms with Gasteiger partial charge in [-0.1, -0.05) is 22.0 Å². The van der Waals surface area contributed by atoms with Crippen LogP contribution in [0.25, 0.3) is 0 Å². The van der Waals surface area contributed by atoms with E-state index in [1.165, 1.54) is 0 Å². The Bertz CT molecular complexity index is 354. The van der Waals surface area contributed by atoms with E-state index in [4.69, 9.17) is 0 Å². The molecule has 0 spiro atoms. The molecule has 1 N–H and O–H groups in total. The van der Waals surface area contributed by atoms with Gasteiger partial charge in [0.1, 0.15) is 0 Å². The Labute approximate surface area is 99.9 Å². The SMILES string of the molecule is Cc1c(Br)cccc1NCCOC(F)(F)F. The molecule has 1 rings (SSSR count). The zero-order valence-electron chi connectivity index (χ0n) is 8.57. The highest BCUT2D eigenvalue weighted by atomic mass is 79.9. The molecule has 0 saturated carbocycles. The molecule has 0 fully saturated rings. The molecule has 0 aromatic heterocycles. The molecule has 0 heterocycles. The number of halogens is 4. The number of hydrogen-bond donors (Lipinski definition) is 1. The lowest BCUT2D eigenvalue weighted by Crippen LogP contribution is -2.19. The minimum atomic E-state index is -4.56. The second-order valence-corrected chi connectivity index (χ2v) is 3.99. The van der Waals surface area contributed by atoms with Gasteiger partial charge in [0.25, 0.3) is 0 Å². The molecule has 1 aromatic carbocycles. The van der Waals surface area contributed by atoms with Gasteiger partial charge in [-0.3, -0.25) is 4.74 Å². The van der Waals surface area contributed by atoms with Crippen LogP contribution < -0.4 is 5.32 Å². The Hall–Kier alpha value is -0.750. The summed E-state index contributed by atoms with van der Waals surface area (Å²) in [5.41, 5.74) is 1.75. The minimum absolute atomic E-state index is 0.108. The van der Waals surface area contributed by atoms with Crippen LogP contribution >= 0.6 is 15.9 Å². The van der Waals surface area contributed by atoms with Gasteiger partial charge in [-0.25, -0.2) is 0 Å². The van der Waals surface area contributed by atoms with Crippen molar-refractivity contribution in [3.05, 3.63) is 28.2 Å². The summed E-state index contributed by atoms with van der Waals surface area (Å²) in [7, 11) is 0. The van der Waals surface area contributed by atoms with E-state index < -0.39 is 13.0 Å². The number of hydrogen-bond acceptors (Lipinski definition) is 2. The fraction of sp³-hybridized carbons (Fsp3) is 0.400. The van der Waals surface area contributed by atoms with Crippen molar-refractivity contribution in [2.45, 2.75) is 13.3 Å². The van der Waals surface area contributed by atoms with E-state index in [0.29, 0.717) is 0 Å². The van der Waals surface area contributed by atoms with Crippen molar-refractivity contribution in [3.8, 4) is 0 Å². The molecule has 0 unspecified atom stereocenters. The van der Waals surface area contributed by atoms with E-state index >= 15 is 0 Å². The normalized spacial score (nSPS) is 11.6. The zero-order chi connectivity index (χ0) is 12.2. The van der Waals surface area contributed by atoms with Crippen LogP contribution in [0.5, 0.6) is 0 Å². The van der Waals surface area contributed by atoms with Crippen molar-refractivity contribution in [2.24, 2.45) is 0 Å². The summed E-state index contributed by atoms with van der Waals surface area (Å²) in [4.78, 5) is 0. The quantitative estimate of drug-likeness (QED) is 0.856. The number of benzene rings is 1. The predicted octanol–water partition coefficient (Wildman–Crippen LogP) is 3.71. The molecule has 0 radical (unpaired) electrons. The van der Waals surface area contributed by atoms with E-state index in [0.717, 1.165) is 15.7 Å². The summed E-state index contributed by atoms with van der Waals surface area (Å²) in [5, 5.41) is 2.87. The summed E-state index contributed by atoms with van der Waals surface area (Å²) in [6.07, 6.45) is -4.56. The van der Waals surface area contributed by atoms with E-state index in [1.807, 2.05) is 19.1 Å². The summed E-state index contributed by atoms with van der Waals surface area (Å²) in [6.45, 7) is 1.57. The number of nitrogens with one attached hydrogen (secondary N) is 1. The predicted molar refractivity (Wildman–Crippen MR) is 59.4 cm³/mol. The van der Waals surface area contributed by atoms with Crippen LogP contribution in [0.3, 0.4) is 0 Å². The van der Waals surface area contributed by atoms with E-state index in [-0.39, 0.29) is 6.54 Å². The molecule has 0 bridgehead atoms. The fourth-order valence-corrected chi connectivity index (χ4v) is 1.52. The third-order valence-electron chi connectivity index (χ3n) is 1.95. The van der Waals surface area contributed by atoms with Gasteiger partial charge in [0.15, 0.2) is 0 Å². The topological polar surface area (TPSA) is 21.3 Å². The lowest BCUT2D eigenvalue weighted by Gasteiger charge is -2.11. The number of rotatable bonds is 4. The molecular weight excluding hydrogens is 287 g/mol.